The van der Waals surface area contributed by atoms with E-state index in [-0.39, 0.29) is 24.8 Å². The number of allylic oxidation sites excluding steroid dienone is 1. The third-order valence-corrected chi connectivity index (χ3v) is 5.60. The van der Waals surface area contributed by atoms with Gasteiger partial charge in [-0.05, 0) is 35.7 Å². The first-order valence-corrected chi connectivity index (χ1v) is 11.8. The molecule has 0 saturated heterocycles. The average Bonchev–Trinajstić information content (AvgIpc) is 3.21. The van der Waals surface area contributed by atoms with Crippen molar-refractivity contribution in [1.29, 1.82) is 0 Å². The molecule has 0 aliphatic carbocycles. The quantitative estimate of drug-likeness (QED) is 0.308. The topological polar surface area (TPSA) is 94.5 Å². The summed E-state index contributed by atoms with van der Waals surface area (Å²) in [5.41, 5.74) is 3.77. The van der Waals surface area contributed by atoms with Crippen molar-refractivity contribution in [2.24, 2.45) is 4.99 Å². The molecule has 0 radical (unpaired) electrons. The molecule has 206 valence electrons. The molecule has 2 aromatic rings. The highest BCUT2D eigenvalue weighted by Crippen LogP contribution is 2.35. The molecule has 38 heavy (non-hydrogen) atoms. The fraction of sp³-hybridized carbons (Fsp3) is 0.423. The van der Waals surface area contributed by atoms with Gasteiger partial charge in [0.15, 0.2) is 5.75 Å². The van der Waals surface area contributed by atoms with Crippen molar-refractivity contribution in [3.8, 4) is 22.8 Å². The van der Waals surface area contributed by atoms with Gasteiger partial charge in [-0.2, -0.15) is 13.2 Å². The highest BCUT2D eigenvalue weighted by Gasteiger charge is 2.32. The van der Waals surface area contributed by atoms with E-state index < -0.39 is 12.7 Å². The Morgan fingerprint density at radius 1 is 1.16 bits per heavy atom. The number of halogens is 3. The van der Waals surface area contributed by atoms with Crippen molar-refractivity contribution in [2.45, 2.75) is 19.6 Å². The zero-order valence-electron chi connectivity index (χ0n) is 21.7. The lowest BCUT2D eigenvalue weighted by molar-refractivity contribution is -0.122. The van der Waals surface area contributed by atoms with E-state index in [2.05, 4.69) is 15.3 Å². The van der Waals surface area contributed by atoms with Crippen LogP contribution in [0.15, 0.2) is 41.3 Å². The minimum Gasteiger partial charge on any atom is -0.491 e. The molecule has 1 N–H and O–H groups in total. The molecule has 0 unspecified atom stereocenters. The van der Waals surface area contributed by atoms with Gasteiger partial charge in [0, 0.05) is 43.9 Å². The minimum absolute atomic E-state index is 0.184. The Balaban J connectivity index is 1.79. The number of nitrogens with one attached hydrogen (secondary N) is 1. The Kier molecular flexibility index (Phi) is 10.1. The van der Waals surface area contributed by atoms with E-state index in [1.54, 1.807) is 19.4 Å². The van der Waals surface area contributed by atoms with E-state index >= 15 is 0 Å². The smallest absolute Gasteiger partial charge is 0.405 e. The summed E-state index contributed by atoms with van der Waals surface area (Å²) in [6, 6.07) is 5.52. The van der Waals surface area contributed by atoms with Crippen LogP contribution in [0.5, 0.6) is 11.6 Å². The number of hydrogen-bond acceptors (Lipinski definition) is 8. The SMILES string of the molecule is CN=C/C(=C\NCC(F)(F)F)N1Cc2cc(-c3cnc(OCCOCCOC)c(OC)c3)cc(C)c2C1=O. The fourth-order valence-corrected chi connectivity index (χ4v) is 3.92. The Morgan fingerprint density at radius 3 is 2.61 bits per heavy atom. The zero-order chi connectivity index (χ0) is 27.7. The molecule has 0 saturated carbocycles. The lowest BCUT2D eigenvalue weighted by atomic mass is 9.97. The molecule has 12 heteroatoms. The van der Waals surface area contributed by atoms with Gasteiger partial charge in [-0.25, -0.2) is 4.98 Å². The van der Waals surface area contributed by atoms with Gasteiger partial charge in [-0.15, -0.1) is 0 Å². The average molecular weight is 537 g/mol. The van der Waals surface area contributed by atoms with Crippen molar-refractivity contribution in [1.82, 2.24) is 15.2 Å². The Hall–Kier alpha value is -3.64. The Morgan fingerprint density at radius 2 is 1.92 bits per heavy atom. The van der Waals surface area contributed by atoms with Crippen LogP contribution in [0, 0.1) is 6.92 Å². The van der Waals surface area contributed by atoms with Crippen molar-refractivity contribution in [3.05, 3.63) is 53.0 Å². The third-order valence-electron chi connectivity index (χ3n) is 5.60. The second kappa shape index (κ2) is 13.2. The number of pyridine rings is 1. The number of aliphatic imine (C=N–C) groups is 1. The first kappa shape index (κ1) is 28.9. The summed E-state index contributed by atoms with van der Waals surface area (Å²) in [7, 11) is 4.60. The largest absolute Gasteiger partial charge is 0.491 e. The first-order valence-electron chi connectivity index (χ1n) is 11.8. The number of ether oxygens (including phenoxy) is 4. The first-order chi connectivity index (χ1) is 18.2. The number of aromatic nitrogens is 1. The molecule has 2 heterocycles. The van der Waals surface area contributed by atoms with Crippen LogP contribution >= 0.6 is 0 Å². The van der Waals surface area contributed by atoms with E-state index in [9.17, 15) is 18.0 Å². The van der Waals surface area contributed by atoms with Crippen LogP contribution in [0.4, 0.5) is 13.2 Å². The summed E-state index contributed by atoms with van der Waals surface area (Å²) in [4.78, 5) is 22.8. The van der Waals surface area contributed by atoms with Gasteiger partial charge < -0.3 is 29.2 Å². The highest BCUT2D eigenvalue weighted by molar-refractivity contribution is 6.04. The molecule has 0 bridgehead atoms. The molecule has 1 aromatic carbocycles. The van der Waals surface area contributed by atoms with E-state index in [1.807, 2.05) is 19.1 Å². The summed E-state index contributed by atoms with van der Waals surface area (Å²) in [6.07, 6.45) is -0.242. The molecule has 3 rings (SSSR count). The standard InChI is InChI=1S/C26H31F3N4O5/c1-17-9-18(19-11-22(36-4)24(32-12-19)38-8-7-37-6-5-35-3)10-20-15-33(25(34)23(17)20)21(13-30-2)14-31-16-26(27,28)29/h9-14,31H,5-8,15-16H2,1-4H3/b21-14+,30-13?. The highest BCUT2D eigenvalue weighted by atomic mass is 19.4. The van der Waals surface area contributed by atoms with Crippen molar-refractivity contribution in [2.75, 3.05) is 54.2 Å². The summed E-state index contributed by atoms with van der Waals surface area (Å²) in [5, 5.41) is 2.21. The maximum Gasteiger partial charge on any atom is 0.405 e. The van der Waals surface area contributed by atoms with Crippen LogP contribution in [0.3, 0.4) is 0 Å². The summed E-state index contributed by atoms with van der Waals surface area (Å²) in [6.45, 7) is 2.40. The monoisotopic (exact) mass is 536 g/mol. The predicted octanol–water partition coefficient (Wildman–Crippen LogP) is 3.76. The zero-order valence-corrected chi connectivity index (χ0v) is 21.7. The second-order valence-corrected chi connectivity index (χ2v) is 8.36. The Bertz CT molecular complexity index is 1180. The number of alkyl halides is 3. The van der Waals surface area contributed by atoms with Crippen LogP contribution < -0.4 is 14.8 Å². The molecule has 1 aliphatic rings. The van der Waals surface area contributed by atoms with Gasteiger partial charge in [0.2, 0.25) is 0 Å². The van der Waals surface area contributed by atoms with Gasteiger partial charge in [-0.1, -0.05) is 6.07 Å². The molecule has 1 aliphatic heterocycles. The van der Waals surface area contributed by atoms with Crippen molar-refractivity contribution >= 4 is 12.1 Å². The summed E-state index contributed by atoms with van der Waals surface area (Å²) in [5.74, 6) is 0.456. The number of amides is 1. The van der Waals surface area contributed by atoms with Gasteiger partial charge in [0.25, 0.3) is 11.8 Å². The lowest BCUT2D eigenvalue weighted by Crippen LogP contribution is -2.29. The maximum atomic E-state index is 13.2. The second-order valence-electron chi connectivity index (χ2n) is 8.36. The number of aryl methyl sites for hydroxylation is 1. The molecule has 0 fully saturated rings. The number of carbonyl (C=O) groups excluding carboxylic acids is 1. The molecule has 0 atom stereocenters. The minimum atomic E-state index is -4.39. The number of rotatable bonds is 13. The third kappa shape index (κ3) is 7.45. The van der Waals surface area contributed by atoms with Gasteiger partial charge >= 0.3 is 6.18 Å². The molecule has 1 aromatic heterocycles. The predicted molar refractivity (Wildman–Crippen MR) is 136 cm³/mol. The van der Waals surface area contributed by atoms with Crippen LogP contribution in [0.25, 0.3) is 11.1 Å². The van der Waals surface area contributed by atoms with Crippen LogP contribution in [0.2, 0.25) is 0 Å². The van der Waals surface area contributed by atoms with E-state index in [1.165, 1.54) is 25.3 Å². The van der Waals surface area contributed by atoms with Gasteiger partial charge in [0.1, 0.15) is 13.2 Å². The van der Waals surface area contributed by atoms with E-state index in [4.69, 9.17) is 18.9 Å². The van der Waals surface area contributed by atoms with Crippen molar-refractivity contribution < 1.29 is 36.9 Å². The molecule has 0 spiro atoms. The Labute approximate surface area is 219 Å². The van der Waals surface area contributed by atoms with Crippen molar-refractivity contribution in [3.63, 3.8) is 0 Å². The van der Waals surface area contributed by atoms with Gasteiger partial charge in [0.05, 0.1) is 39.2 Å². The van der Waals surface area contributed by atoms with Crippen LogP contribution in [-0.4, -0.2) is 82.4 Å². The van der Waals surface area contributed by atoms with E-state index in [0.29, 0.717) is 37.0 Å². The van der Waals surface area contributed by atoms with Crippen LogP contribution in [-0.2, 0) is 16.0 Å². The molecule has 9 nitrogen and oxygen atoms in total. The summed E-state index contributed by atoms with van der Waals surface area (Å²) >= 11 is 0. The normalized spacial score (nSPS) is 13.8. The summed E-state index contributed by atoms with van der Waals surface area (Å²) < 4.78 is 59.2. The molecular weight excluding hydrogens is 505 g/mol. The van der Waals surface area contributed by atoms with E-state index in [0.717, 1.165) is 28.5 Å². The number of fused-ring (bicyclic) bond motifs is 1. The number of hydrogen-bond donors (Lipinski definition) is 1. The number of benzene rings is 1. The van der Waals surface area contributed by atoms with Gasteiger partial charge in [-0.3, -0.25) is 9.79 Å². The lowest BCUT2D eigenvalue weighted by Gasteiger charge is -2.17. The number of carbonyl (C=O) groups is 1. The fourth-order valence-electron chi connectivity index (χ4n) is 3.92. The molecular formula is C26H31F3N4O5. The maximum absolute atomic E-state index is 13.2. The molecule has 1 amide bonds. The van der Waals surface area contributed by atoms with Crippen LogP contribution in [0.1, 0.15) is 21.5 Å². The number of methoxy groups -OCH3 is 2. The number of nitrogens with zero attached hydrogens (tertiary/aromatic N) is 3.